The molecule has 18 heavy (non-hydrogen) atoms. The van der Waals surface area contributed by atoms with Crippen molar-refractivity contribution in [2.24, 2.45) is 5.92 Å². The van der Waals surface area contributed by atoms with E-state index in [2.05, 4.69) is 42.7 Å². The van der Waals surface area contributed by atoms with Gasteiger partial charge < -0.3 is 10.1 Å². The predicted molar refractivity (Wildman–Crippen MR) is 83.8 cm³/mol. The number of hydrogen-bond donors (Lipinski definition) is 1. The van der Waals surface area contributed by atoms with Crippen LogP contribution >= 0.6 is 23.5 Å². The SMILES string of the molecule is CCCNC(C1CCCOC1)C1SCCSC1C. The van der Waals surface area contributed by atoms with Gasteiger partial charge in [-0.2, -0.15) is 23.5 Å². The van der Waals surface area contributed by atoms with E-state index in [1.54, 1.807) is 0 Å². The lowest BCUT2D eigenvalue weighted by molar-refractivity contribution is 0.0390. The highest BCUT2D eigenvalue weighted by atomic mass is 32.2. The quantitative estimate of drug-likeness (QED) is 0.839. The molecule has 4 heteroatoms. The van der Waals surface area contributed by atoms with E-state index < -0.39 is 0 Å². The van der Waals surface area contributed by atoms with Crippen molar-refractivity contribution in [1.29, 1.82) is 0 Å². The summed E-state index contributed by atoms with van der Waals surface area (Å²) in [7, 11) is 0. The maximum atomic E-state index is 5.71. The molecule has 2 fully saturated rings. The fourth-order valence-corrected chi connectivity index (χ4v) is 6.00. The van der Waals surface area contributed by atoms with Crippen LogP contribution in [0, 0.1) is 5.92 Å². The van der Waals surface area contributed by atoms with E-state index >= 15 is 0 Å². The first kappa shape index (κ1) is 15.0. The maximum Gasteiger partial charge on any atom is 0.0509 e. The minimum absolute atomic E-state index is 0.651. The molecule has 0 aromatic heterocycles. The second-order valence-electron chi connectivity index (χ2n) is 5.37. The van der Waals surface area contributed by atoms with Gasteiger partial charge in [0.15, 0.2) is 0 Å². The standard InChI is InChI=1S/C14H27NOS2/c1-3-6-15-13(12-5-4-7-16-10-12)14-11(2)17-8-9-18-14/h11-15H,3-10H2,1-2H3. The number of ether oxygens (including phenoxy) is 1. The van der Waals surface area contributed by atoms with Crippen LogP contribution in [-0.2, 0) is 4.74 Å². The van der Waals surface area contributed by atoms with Crippen molar-refractivity contribution in [2.75, 3.05) is 31.3 Å². The molecule has 2 aliphatic rings. The van der Waals surface area contributed by atoms with Crippen LogP contribution in [0.15, 0.2) is 0 Å². The Bertz CT molecular complexity index is 234. The van der Waals surface area contributed by atoms with E-state index in [1.165, 1.54) is 30.8 Å². The monoisotopic (exact) mass is 289 g/mol. The average Bonchev–Trinajstić information content (AvgIpc) is 2.42. The maximum absolute atomic E-state index is 5.71. The molecular weight excluding hydrogens is 262 g/mol. The summed E-state index contributed by atoms with van der Waals surface area (Å²) >= 11 is 4.33. The van der Waals surface area contributed by atoms with Crippen LogP contribution in [-0.4, -0.2) is 47.8 Å². The molecule has 106 valence electrons. The lowest BCUT2D eigenvalue weighted by Gasteiger charge is -2.40. The van der Waals surface area contributed by atoms with Crippen LogP contribution in [0.2, 0.25) is 0 Å². The van der Waals surface area contributed by atoms with Gasteiger partial charge in [-0.25, -0.2) is 0 Å². The highest BCUT2D eigenvalue weighted by Gasteiger charge is 2.35. The Labute approximate surface area is 120 Å². The fourth-order valence-electron chi connectivity index (χ4n) is 2.96. The van der Waals surface area contributed by atoms with Crippen molar-refractivity contribution < 1.29 is 4.74 Å². The molecule has 0 saturated carbocycles. The number of rotatable bonds is 5. The molecule has 2 rings (SSSR count). The van der Waals surface area contributed by atoms with Crippen molar-refractivity contribution in [2.45, 2.75) is 49.7 Å². The van der Waals surface area contributed by atoms with Gasteiger partial charge in [-0.15, -0.1) is 0 Å². The summed E-state index contributed by atoms with van der Waals surface area (Å²) in [6.07, 6.45) is 3.81. The zero-order valence-corrected chi connectivity index (χ0v) is 13.3. The molecule has 0 aromatic rings. The smallest absolute Gasteiger partial charge is 0.0509 e. The van der Waals surface area contributed by atoms with E-state index in [9.17, 15) is 0 Å². The molecule has 4 atom stereocenters. The second kappa shape index (κ2) is 8.03. The molecule has 0 bridgehead atoms. The molecule has 0 radical (unpaired) electrons. The van der Waals surface area contributed by atoms with Gasteiger partial charge in [0, 0.05) is 34.7 Å². The molecule has 2 nitrogen and oxygen atoms in total. The summed E-state index contributed by atoms with van der Waals surface area (Å²) in [4.78, 5) is 0. The largest absolute Gasteiger partial charge is 0.381 e. The van der Waals surface area contributed by atoms with Gasteiger partial charge in [-0.1, -0.05) is 13.8 Å². The first-order chi connectivity index (χ1) is 8.83. The molecule has 4 unspecified atom stereocenters. The average molecular weight is 290 g/mol. The van der Waals surface area contributed by atoms with E-state index in [0.29, 0.717) is 6.04 Å². The summed E-state index contributed by atoms with van der Waals surface area (Å²) in [5.74, 6) is 3.37. The van der Waals surface area contributed by atoms with Gasteiger partial charge in [0.1, 0.15) is 0 Å². The summed E-state index contributed by atoms with van der Waals surface area (Å²) in [6.45, 7) is 7.75. The summed E-state index contributed by atoms with van der Waals surface area (Å²) < 4.78 is 5.71. The zero-order chi connectivity index (χ0) is 12.8. The molecule has 0 aromatic carbocycles. The predicted octanol–water partition coefficient (Wildman–Crippen LogP) is 3.02. The van der Waals surface area contributed by atoms with Crippen LogP contribution in [0.4, 0.5) is 0 Å². The second-order valence-corrected chi connectivity index (χ2v) is 8.14. The highest BCUT2D eigenvalue weighted by Crippen LogP contribution is 2.36. The topological polar surface area (TPSA) is 21.3 Å². The van der Waals surface area contributed by atoms with Crippen molar-refractivity contribution in [3.63, 3.8) is 0 Å². The lowest BCUT2D eigenvalue weighted by atomic mass is 9.90. The normalized spacial score (nSPS) is 35.3. The van der Waals surface area contributed by atoms with Crippen LogP contribution in [0.3, 0.4) is 0 Å². The summed E-state index contributed by atoms with van der Waals surface area (Å²) in [5, 5.41) is 5.37. The highest BCUT2D eigenvalue weighted by molar-refractivity contribution is 8.07. The van der Waals surface area contributed by atoms with Crippen molar-refractivity contribution in [1.82, 2.24) is 5.32 Å². The van der Waals surface area contributed by atoms with Gasteiger partial charge in [-0.05, 0) is 31.7 Å². The molecule has 1 N–H and O–H groups in total. The fraction of sp³-hybridized carbons (Fsp3) is 1.00. The van der Waals surface area contributed by atoms with E-state index in [0.717, 1.165) is 36.2 Å². The summed E-state index contributed by atoms with van der Waals surface area (Å²) in [6, 6.07) is 0.651. The third-order valence-electron chi connectivity index (χ3n) is 3.92. The molecule has 0 aliphatic carbocycles. The Morgan fingerprint density at radius 2 is 2.17 bits per heavy atom. The molecule has 0 spiro atoms. The number of hydrogen-bond acceptors (Lipinski definition) is 4. The van der Waals surface area contributed by atoms with Crippen LogP contribution in [0.5, 0.6) is 0 Å². The van der Waals surface area contributed by atoms with Gasteiger partial charge in [-0.3, -0.25) is 0 Å². The first-order valence-corrected chi connectivity index (χ1v) is 9.47. The van der Waals surface area contributed by atoms with Crippen molar-refractivity contribution in [3.05, 3.63) is 0 Å². The van der Waals surface area contributed by atoms with Gasteiger partial charge in [0.05, 0.1) is 6.61 Å². The summed E-state index contributed by atoms with van der Waals surface area (Å²) in [5.41, 5.74) is 0. The number of thioether (sulfide) groups is 2. The van der Waals surface area contributed by atoms with Crippen LogP contribution in [0.25, 0.3) is 0 Å². The Hall–Kier alpha value is 0.620. The van der Waals surface area contributed by atoms with Crippen molar-refractivity contribution in [3.8, 4) is 0 Å². The lowest BCUT2D eigenvalue weighted by Crippen LogP contribution is -2.51. The van der Waals surface area contributed by atoms with Crippen LogP contribution in [0.1, 0.15) is 33.1 Å². The minimum Gasteiger partial charge on any atom is -0.381 e. The van der Waals surface area contributed by atoms with Gasteiger partial charge >= 0.3 is 0 Å². The van der Waals surface area contributed by atoms with E-state index in [-0.39, 0.29) is 0 Å². The molecule has 0 amide bonds. The third-order valence-corrected chi connectivity index (χ3v) is 7.14. The third kappa shape index (κ3) is 4.06. The Balaban J connectivity index is 1.97. The first-order valence-electron chi connectivity index (χ1n) is 7.37. The number of nitrogens with one attached hydrogen (secondary N) is 1. The van der Waals surface area contributed by atoms with E-state index in [1.807, 2.05) is 0 Å². The molecular formula is C14H27NOS2. The Morgan fingerprint density at radius 1 is 1.33 bits per heavy atom. The van der Waals surface area contributed by atoms with Gasteiger partial charge in [0.2, 0.25) is 0 Å². The molecule has 2 saturated heterocycles. The van der Waals surface area contributed by atoms with E-state index in [4.69, 9.17) is 4.74 Å². The van der Waals surface area contributed by atoms with Gasteiger partial charge in [0.25, 0.3) is 0 Å². The van der Waals surface area contributed by atoms with Crippen LogP contribution < -0.4 is 5.32 Å². The Kier molecular flexibility index (Phi) is 6.70. The molecule has 2 heterocycles. The minimum atomic E-state index is 0.651. The van der Waals surface area contributed by atoms with Crippen molar-refractivity contribution >= 4 is 23.5 Å². The molecule has 2 aliphatic heterocycles. The Morgan fingerprint density at radius 3 is 2.83 bits per heavy atom. The zero-order valence-electron chi connectivity index (χ0n) is 11.7.